The van der Waals surface area contributed by atoms with Crippen LogP contribution in [0, 0.1) is 0 Å². The highest BCUT2D eigenvalue weighted by Crippen LogP contribution is 2.14. The Labute approximate surface area is 133 Å². The molecular weight excluding hydrogens is 298 g/mol. The summed E-state index contributed by atoms with van der Waals surface area (Å²) in [6, 6.07) is 17.0. The van der Waals surface area contributed by atoms with E-state index in [0.717, 1.165) is 16.5 Å². The lowest BCUT2D eigenvalue weighted by Gasteiger charge is -2.04. The van der Waals surface area contributed by atoms with Crippen LogP contribution in [0.25, 0.3) is 10.9 Å². The van der Waals surface area contributed by atoms with Gasteiger partial charge in [-0.3, -0.25) is 9.36 Å². The molecule has 4 nitrogen and oxygen atoms in total. The minimum absolute atomic E-state index is 0.0718. The Morgan fingerprint density at radius 3 is 2.77 bits per heavy atom. The van der Waals surface area contributed by atoms with Crippen LogP contribution in [0.3, 0.4) is 0 Å². The van der Waals surface area contributed by atoms with Gasteiger partial charge in [-0.25, -0.2) is 0 Å². The summed E-state index contributed by atoms with van der Waals surface area (Å²) >= 11 is 6.02. The zero-order valence-electron chi connectivity index (χ0n) is 11.7. The molecule has 0 unspecified atom stereocenters. The number of carbonyl (C=O) groups excluding carboxylic acids is 1. The summed E-state index contributed by atoms with van der Waals surface area (Å²) in [4.78, 5) is 12.2. The second-order valence-electron chi connectivity index (χ2n) is 4.75. The summed E-state index contributed by atoms with van der Waals surface area (Å²) in [6.45, 7) is 0.111. The molecule has 2 aromatic carbocycles. The normalized spacial score (nSPS) is 11.1. The molecule has 1 aromatic heterocycles. The number of nitrogens with zero attached hydrogens (tertiary/aromatic N) is 2. The maximum Gasteiger partial charge on any atom is 0.252 e. The van der Waals surface area contributed by atoms with Crippen molar-refractivity contribution >= 4 is 34.6 Å². The first-order valence-electron chi connectivity index (χ1n) is 6.85. The number of carbonyl (C=O) groups is 1. The van der Waals surface area contributed by atoms with E-state index in [-0.39, 0.29) is 12.5 Å². The van der Waals surface area contributed by atoms with Crippen molar-refractivity contribution in [3.8, 4) is 0 Å². The maximum atomic E-state index is 12.2. The fraction of sp³-hybridized carbons (Fsp3) is 0.0588. The van der Waals surface area contributed by atoms with Gasteiger partial charge in [0.05, 0.1) is 11.7 Å². The highest BCUT2D eigenvalue weighted by Gasteiger charge is 2.07. The Bertz CT molecular complexity index is 839. The van der Waals surface area contributed by atoms with Crippen molar-refractivity contribution in [2.24, 2.45) is 5.10 Å². The monoisotopic (exact) mass is 311 g/mol. The minimum Gasteiger partial charge on any atom is -0.301 e. The summed E-state index contributed by atoms with van der Waals surface area (Å²) in [5.74, 6) is -0.0718. The van der Waals surface area contributed by atoms with E-state index in [4.69, 9.17) is 11.6 Å². The highest BCUT2D eigenvalue weighted by molar-refractivity contribution is 6.33. The van der Waals surface area contributed by atoms with Gasteiger partial charge in [-0.15, -0.1) is 0 Å². The van der Waals surface area contributed by atoms with Crippen molar-refractivity contribution in [2.75, 3.05) is 6.54 Å². The highest BCUT2D eigenvalue weighted by atomic mass is 35.5. The predicted molar refractivity (Wildman–Crippen MR) is 89.6 cm³/mol. The number of para-hydroxylation sites is 1. The molecule has 5 heteroatoms. The van der Waals surface area contributed by atoms with Gasteiger partial charge < -0.3 is 5.43 Å². The third-order valence-corrected chi connectivity index (χ3v) is 3.64. The average molecular weight is 312 g/mol. The van der Waals surface area contributed by atoms with E-state index >= 15 is 0 Å². The summed E-state index contributed by atoms with van der Waals surface area (Å²) in [5, 5.41) is 5.70. The molecule has 0 atom stereocenters. The second-order valence-corrected chi connectivity index (χ2v) is 5.16. The van der Waals surface area contributed by atoms with Gasteiger partial charge in [0.25, 0.3) is 5.91 Å². The van der Waals surface area contributed by atoms with Crippen molar-refractivity contribution in [1.82, 2.24) is 9.99 Å². The van der Waals surface area contributed by atoms with Crippen molar-refractivity contribution < 1.29 is 4.79 Å². The van der Waals surface area contributed by atoms with E-state index < -0.39 is 0 Å². The number of hydrogen-bond acceptors (Lipinski definition) is 3. The molecule has 0 aliphatic carbocycles. The molecule has 3 aromatic rings. The summed E-state index contributed by atoms with van der Waals surface area (Å²) in [7, 11) is 0. The molecule has 1 N–H and O–H groups in total. The number of benzene rings is 2. The molecule has 22 heavy (non-hydrogen) atoms. The van der Waals surface area contributed by atoms with Crippen LogP contribution in [0.4, 0.5) is 0 Å². The Morgan fingerprint density at radius 1 is 1.14 bits per heavy atom. The second kappa shape index (κ2) is 6.45. The van der Waals surface area contributed by atoms with Gasteiger partial charge in [0.1, 0.15) is 6.54 Å². The third-order valence-electron chi connectivity index (χ3n) is 3.30. The number of rotatable bonds is 4. The van der Waals surface area contributed by atoms with Gasteiger partial charge in [-0.05, 0) is 18.2 Å². The molecule has 1 heterocycles. The lowest BCUT2D eigenvalue weighted by Crippen LogP contribution is -2.23. The van der Waals surface area contributed by atoms with Crippen LogP contribution in [0.1, 0.15) is 10.4 Å². The van der Waals surface area contributed by atoms with Crippen LogP contribution in [0.2, 0.25) is 5.02 Å². The van der Waals surface area contributed by atoms with Crippen LogP contribution in [0.5, 0.6) is 0 Å². The van der Waals surface area contributed by atoms with Gasteiger partial charge in [-0.2, -0.15) is 5.10 Å². The molecule has 0 radical (unpaired) electrons. The fourth-order valence-corrected chi connectivity index (χ4v) is 2.38. The van der Waals surface area contributed by atoms with Crippen LogP contribution >= 0.6 is 11.6 Å². The molecule has 0 bridgehead atoms. The Balaban J connectivity index is 1.64. The van der Waals surface area contributed by atoms with E-state index in [9.17, 15) is 4.79 Å². The van der Waals surface area contributed by atoms with Crippen LogP contribution in [0.15, 0.2) is 65.9 Å². The molecule has 0 saturated carbocycles. The molecule has 110 valence electrons. The quantitative estimate of drug-likeness (QED) is 0.591. The standard InChI is InChI=1S/C17H14ClN3O/c18-15-7-3-1-6-14(15)11-19-20-12-17(22)21-10-9-13-5-2-4-8-16(13)21/h1-11,20H,12H2/b19-11+. The van der Waals surface area contributed by atoms with E-state index in [1.165, 1.54) is 0 Å². The number of hydrogen-bond donors (Lipinski definition) is 1. The van der Waals surface area contributed by atoms with Gasteiger partial charge in [0, 0.05) is 22.2 Å². The van der Waals surface area contributed by atoms with E-state index in [2.05, 4.69) is 10.5 Å². The third kappa shape index (κ3) is 3.02. The lowest BCUT2D eigenvalue weighted by molar-refractivity contribution is 0.0918. The van der Waals surface area contributed by atoms with Gasteiger partial charge in [0.15, 0.2) is 0 Å². The largest absolute Gasteiger partial charge is 0.301 e. The van der Waals surface area contributed by atoms with E-state index in [1.54, 1.807) is 23.0 Å². The smallest absolute Gasteiger partial charge is 0.252 e. The molecule has 0 aliphatic rings. The molecule has 3 rings (SSSR count). The Kier molecular flexibility index (Phi) is 4.21. The first-order chi connectivity index (χ1) is 10.8. The van der Waals surface area contributed by atoms with E-state index in [0.29, 0.717) is 5.02 Å². The molecule has 0 fully saturated rings. The first kappa shape index (κ1) is 14.4. The fourth-order valence-electron chi connectivity index (χ4n) is 2.19. The lowest BCUT2D eigenvalue weighted by atomic mass is 10.2. The van der Waals surface area contributed by atoms with Crippen LogP contribution in [-0.4, -0.2) is 23.2 Å². The zero-order valence-corrected chi connectivity index (χ0v) is 12.5. The van der Waals surface area contributed by atoms with Crippen molar-refractivity contribution in [2.45, 2.75) is 0 Å². The summed E-state index contributed by atoms with van der Waals surface area (Å²) in [6.07, 6.45) is 3.37. The number of aromatic nitrogens is 1. The van der Waals surface area contributed by atoms with Crippen LogP contribution < -0.4 is 5.43 Å². The van der Waals surface area contributed by atoms with Crippen molar-refractivity contribution in [1.29, 1.82) is 0 Å². The summed E-state index contributed by atoms with van der Waals surface area (Å²) in [5.41, 5.74) is 4.45. The number of fused-ring (bicyclic) bond motifs is 1. The number of halogens is 1. The Morgan fingerprint density at radius 2 is 1.91 bits per heavy atom. The van der Waals surface area contributed by atoms with Crippen molar-refractivity contribution in [3.63, 3.8) is 0 Å². The summed E-state index contributed by atoms with van der Waals surface area (Å²) < 4.78 is 1.62. The topological polar surface area (TPSA) is 46.4 Å². The maximum absolute atomic E-state index is 12.2. The molecule has 0 spiro atoms. The predicted octanol–water partition coefficient (Wildman–Crippen LogP) is 3.56. The first-order valence-corrected chi connectivity index (χ1v) is 7.23. The Hall–Kier alpha value is -2.59. The molecule has 0 aliphatic heterocycles. The van der Waals surface area contributed by atoms with Gasteiger partial charge in [-0.1, -0.05) is 48.0 Å². The molecule has 0 saturated heterocycles. The van der Waals surface area contributed by atoms with Crippen molar-refractivity contribution in [3.05, 3.63) is 71.4 Å². The molecular formula is C17H14ClN3O. The number of hydrazone groups is 1. The number of nitrogens with one attached hydrogen (secondary N) is 1. The SMILES string of the molecule is O=C(CN/N=C/c1ccccc1Cl)n1ccc2ccccc21. The zero-order chi connectivity index (χ0) is 15.4. The minimum atomic E-state index is -0.0718. The van der Waals surface area contributed by atoms with Gasteiger partial charge in [0.2, 0.25) is 0 Å². The molecule has 0 amide bonds. The van der Waals surface area contributed by atoms with Gasteiger partial charge >= 0.3 is 0 Å². The van der Waals surface area contributed by atoms with E-state index in [1.807, 2.05) is 48.5 Å². The average Bonchev–Trinajstić information content (AvgIpc) is 2.97. The van der Waals surface area contributed by atoms with Crippen LogP contribution in [-0.2, 0) is 0 Å².